The van der Waals surface area contributed by atoms with Gasteiger partial charge in [0.05, 0.1) is 0 Å². The van der Waals surface area contributed by atoms with Gasteiger partial charge >= 0.3 is 0 Å². The van der Waals surface area contributed by atoms with Gasteiger partial charge in [-0.25, -0.2) is 9.97 Å². The van der Waals surface area contributed by atoms with Crippen LogP contribution in [-0.2, 0) is 19.9 Å². The molecular weight excluding hydrogens is 274 g/mol. The number of nitrogens with one attached hydrogen (secondary N) is 1. The van der Waals surface area contributed by atoms with Crippen LogP contribution >= 0.6 is 11.6 Å². The van der Waals surface area contributed by atoms with Crippen molar-refractivity contribution in [1.82, 2.24) is 19.7 Å². The summed E-state index contributed by atoms with van der Waals surface area (Å²) in [6, 6.07) is 2.02. The van der Waals surface area contributed by atoms with Crippen molar-refractivity contribution in [2.45, 2.75) is 33.1 Å². The molecule has 0 saturated carbocycles. The highest BCUT2D eigenvalue weighted by atomic mass is 35.5. The van der Waals surface area contributed by atoms with Gasteiger partial charge in [-0.05, 0) is 19.4 Å². The van der Waals surface area contributed by atoms with E-state index in [1.165, 1.54) is 5.69 Å². The first-order valence-electron chi connectivity index (χ1n) is 6.85. The highest BCUT2D eigenvalue weighted by molar-refractivity contribution is 6.30. The van der Waals surface area contributed by atoms with Gasteiger partial charge in [-0.2, -0.15) is 5.10 Å². The Morgan fingerprint density at radius 1 is 1.30 bits per heavy atom. The van der Waals surface area contributed by atoms with Crippen molar-refractivity contribution in [3.8, 4) is 0 Å². The van der Waals surface area contributed by atoms with Crippen LogP contribution < -0.4 is 5.32 Å². The van der Waals surface area contributed by atoms with Crippen LogP contribution in [0.3, 0.4) is 0 Å². The molecule has 2 aromatic heterocycles. The zero-order chi connectivity index (χ0) is 14.5. The van der Waals surface area contributed by atoms with Crippen LogP contribution in [0.15, 0.2) is 12.3 Å². The average Bonchev–Trinajstić information content (AvgIpc) is 2.81. The van der Waals surface area contributed by atoms with Crippen molar-refractivity contribution in [1.29, 1.82) is 0 Å². The maximum absolute atomic E-state index is 6.15. The van der Waals surface area contributed by atoms with Gasteiger partial charge in [0.25, 0.3) is 0 Å². The SMILES string of the molecule is CCCc1nc(Cl)c(C)c(NCCc2ccnn2C)n1. The third kappa shape index (κ3) is 3.48. The summed E-state index contributed by atoms with van der Waals surface area (Å²) >= 11 is 6.15. The summed E-state index contributed by atoms with van der Waals surface area (Å²) in [5.74, 6) is 1.63. The number of nitrogens with zero attached hydrogens (tertiary/aromatic N) is 4. The summed E-state index contributed by atoms with van der Waals surface area (Å²) in [4.78, 5) is 8.83. The Morgan fingerprint density at radius 3 is 2.75 bits per heavy atom. The Labute approximate surface area is 124 Å². The monoisotopic (exact) mass is 293 g/mol. The molecule has 0 aromatic carbocycles. The summed E-state index contributed by atoms with van der Waals surface area (Å²) in [7, 11) is 1.95. The van der Waals surface area contributed by atoms with Crippen LogP contribution in [0.2, 0.25) is 5.15 Å². The first kappa shape index (κ1) is 14.8. The second-order valence-corrected chi connectivity index (χ2v) is 5.14. The number of hydrogen-bond acceptors (Lipinski definition) is 4. The lowest BCUT2D eigenvalue weighted by Crippen LogP contribution is -2.12. The maximum Gasteiger partial charge on any atom is 0.137 e. The zero-order valence-corrected chi connectivity index (χ0v) is 12.9. The molecule has 0 spiro atoms. The summed E-state index contributed by atoms with van der Waals surface area (Å²) < 4.78 is 1.88. The minimum Gasteiger partial charge on any atom is -0.369 e. The van der Waals surface area contributed by atoms with Crippen molar-refractivity contribution in [3.63, 3.8) is 0 Å². The van der Waals surface area contributed by atoms with Gasteiger partial charge in [-0.3, -0.25) is 4.68 Å². The number of anilines is 1. The Bertz CT molecular complexity index is 579. The number of aromatic nitrogens is 4. The third-order valence-electron chi connectivity index (χ3n) is 3.20. The number of halogens is 1. The molecule has 2 aromatic rings. The van der Waals surface area contributed by atoms with Gasteiger partial charge in [0.2, 0.25) is 0 Å². The van der Waals surface area contributed by atoms with Gasteiger partial charge in [0.1, 0.15) is 16.8 Å². The van der Waals surface area contributed by atoms with E-state index in [1.807, 2.05) is 30.9 Å². The molecule has 1 N–H and O–H groups in total. The first-order chi connectivity index (χ1) is 9.61. The summed E-state index contributed by atoms with van der Waals surface area (Å²) in [6.07, 6.45) is 4.55. The minimum absolute atomic E-state index is 0.534. The van der Waals surface area contributed by atoms with Crippen molar-refractivity contribution in [2.75, 3.05) is 11.9 Å². The molecule has 0 aliphatic rings. The molecule has 0 amide bonds. The summed E-state index contributed by atoms with van der Waals surface area (Å²) in [5, 5.41) is 8.03. The fourth-order valence-electron chi connectivity index (χ4n) is 2.00. The molecule has 0 aliphatic carbocycles. The molecule has 108 valence electrons. The van der Waals surface area contributed by atoms with E-state index in [2.05, 4.69) is 27.3 Å². The van der Waals surface area contributed by atoms with E-state index >= 15 is 0 Å². The standard InChI is InChI=1S/C14H20ClN5/c1-4-5-12-18-13(15)10(2)14(19-12)16-8-6-11-7-9-17-20(11)3/h7,9H,4-6,8H2,1-3H3,(H,16,18,19). The van der Waals surface area contributed by atoms with Crippen LogP contribution in [0, 0.1) is 6.92 Å². The van der Waals surface area contributed by atoms with Gasteiger partial charge in [0, 0.05) is 43.9 Å². The number of rotatable bonds is 6. The molecule has 0 fully saturated rings. The fourth-order valence-corrected chi connectivity index (χ4v) is 2.18. The molecule has 2 heterocycles. The predicted octanol–water partition coefficient (Wildman–Crippen LogP) is 2.78. The molecule has 0 radical (unpaired) electrons. The fraction of sp³-hybridized carbons (Fsp3) is 0.500. The van der Waals surface area contributed by atoms with Crippen LogP contribution in [0.1, 0.15) is 30.4 Å². The molecule has 0 atom stereocenters. The van der Waals surface area contributed by atoms with Crippen LogP contribution in [-0.4, -0.2) is 26.3 Å². The molecule has 6 heteroatoms. The number of aryl methyl sites for hydroxylation is 2. The lowest BCUT2D eigenvalue weighted by Gasteiger charge is -2.11. The number of hydrogen-bond donors (Lipinski definition) is 1. The van der Waals surface area contributed by atoms with Gasteiger partial charge in [-0.15, -0.1) is 0 Å². The predicted molar refractivity (Wildman–Crippen MR) is 81.2 cm³/mol. The van der Waals surface area contributed by atoms with E-state index in [9.17, 15) is 0 Å². The highest BCUT2D eigenvalue weighted by Gasteiger charge is 2.09. The highest BCUT2D eigenvalue weighted by Crippen LogP contribution is 2.20. The molecule has 0 aliphatic heterocycles. The Balaban J connectivity index is 2.03. The first-order valence-corrected chi connectivity index (χ1v) is 7.23. The topological polar surface area (TPSA) is 55.6 Å². The molecule has 5 nitrogen and oxygen atoms in total. The van der Waals surface area contributed by atoms with Gasteiger partial charge < -0.3 is 5.32 Å². The third-order valence-corrected chi connectivity index (χ3v) is 3.57. The Morgan fingerprint density at radius 2 is 2.10 bits per heavy atom. The second kappa shape index (κ2) is 6.70. The average molecular weight is 294 g/mol. The van der Waals surface area contributed by atoms with E-state index in [1.54, 1.807) is 0 Å². The summed E-state index contributed by atoms with van der Waals surface area (Å²) in [5.41, 5.74) is 2.08. The minimum atomic E-state index is 0.534. The molecule has 0 unspecified atom stereocenters. The lowest BCUT2D eigenvalue weighted by molar-refractivity contribution is 0.710. The van der Waals surface area contributed by atoms with E-state index in [4.69, 9.17) is 11.6 Å². The summed E-state index contributed by atoms with van der Waals surface area (Å²) in [6.45, 7) is 4.83. The largest absolute Gasteiger partial charge is 0.369 e. The molecule has 20 heavy (non-hydrogen) atoms. The molecule has 0 bridgehead atoms. The molecular formula is C14H20ClN5. The van der Waals surface area contributed by atoms with E-state index in [0.717, 1.165) is 43.0 Å². The van der Waals surface area contributed by atoms with Crippen LogP contribution in [0.4, 0.5) is 5.82 Å². The quantitative estimate of drug-likeness (QED) is 0.832. The zero-order valence-electron chi connectivity index (χ0n) is 12.1. The van der Waals surface area contributed by atoms with Crippen molar-refractivity contribution >= 4 is 17.4 Å². The molecule has 0 saturated heterocycles. The molecule has 2 rings (SSSR count). The van der Waals surface area contributed by atoms with Crippen molar-refractivity contribution in [3.05, 3.63) is 34.5 Å². The smallest absolute Gasteiger partial charge is 0.137 e. The van der Waals surface area contributed by atoms with E-state index in [-0.39, 0.29) is 0 Å². The Kier molecular flexibility index (Phi) is 4.95. The van der Waals surface area contributed by atoms with Crippen molar-refractivity contribution < 1.29 is 0 Å². The van der Waals surface area contributed by atoms with Crippen molar-refractivity contribution in [2.24, 2.45) is 7.05 Å². The van der Waals surface area contributed by atoms with Gasteiger partial charge in [0.15, 0.2) is 0 Å². The second-order valence-electron chi connectivity index (χ2n) is 4.78. The van der Waals surface area contributed by atoms with Crippen LogP contribution in [0.25, 0.3) is 0 Å². The van der Waals surface area contributed by atoms with Gasteiger partial charge in [-0.1, -0.05) is 18.5 Å². The maximum atomic E-state index is 6.15. The van der Waals surface area contributed by atoms with Crippen LogP contribution in [0.5, 0.6) is 0 Å². The normalized spacial score (nSPS) is 10.8. The van der Waals surface area contributed by atoms with E-state index in [0.29, 0.717) is 5.15 Å². The lowest BCUT2D eigenvalue weighted by atomic mass is 10.2. The van der Waals surface area contributed by atoms with E-state index < -0.39 is 0 Å². The Hall–Kier alpha value is -1.62.